The van der Waals surface area contributed by atoms with Gasteiger partial charge >= 0.3 is 0 Å². The lowest BCUT2D eigenvalue weighted by atomic mass is 10.1. The van der Waals surface area contributed by atoms with E-state index in [9.17, 15) is 9.50 Å². The SMILES string of the molecule is Cc1nn(-c2ccccc2)c(Oc2ccccc2F)c1CN(CC(O)c1ccccc1)C1CC1. The molecule has 0 saturated heterocycles. The summed E-state index contributed by atoms with van der Waals surface area (Å²) in [6.07, 6.45) is 1.59. The minimum Gasteiger partial charge on any atom is -0.435 e. The molecule has 6 heteroatoms. The van der Waals surface area contributed by atoms with Crippen molar-refractivity contribution in [1.82, 2.24) is 14.7 Å². The number of halogens is 1. The quantitative estimate of drug-likeness (QED) is 0.345. The molecular weight excluding hydrogens is 429 g/mol. The van der Waals surface area contributed by atoms with Gasteiger partial charge in [-0.3, -0.25) is 4.90 Å². The second kappa shape index (κ2) is 9.79. The molecule has 1 saturated carbocycles. The highest BCUT2D eigenvalue weighted by Crippen LogP contribution is 2.36. The zero-order valence-corrected chi connectivity index (χ0v) is 19.1. The van der Waals surface area contributed by atoms with Crippen LogP contribution in [0, 0.1) is 12.7 Å². The fourth-order valence-corrected chi connectivity index (χ4v) is 4.19. The summed E-state index contributed by atoms with van der Waals surface area (Å²) in [4.78, 5) is 2.28. The highest BCUT2D eigenvalue weighted by Gasteiger charge is 2.33. The number of para-hydroxylation sites is 2. The smallest absolute Gasteiger partial charge is 0.227 e. The Balaban J connectivity index is 1.49. The lowest BCUT2D eigenvalue weighted by Crippen LogP contribution is -2.30. The molecule has 0 aliphatic heterocycles. The standard InChI is InChI=1S/C28H28FN3O2/c1-20-24(18-31(22-16-17-22)19-26(33)21-10-4-2-5-11-21)28(34-27-15-9-8-14-25(27)29)32(30-20)23-12-6-3-7-13-23/h2-15,22,26,33H,16-19H2,1H3. The van der Waals surface area contributed by atoms with Gasteiger partial charge in [0.1, 0.15) is 0 Å². The molecule has 5 rings (SSSR count). The average molecular weight is 458 g/mol. The highest BCUT2D eigenvalue weighted by molar-refractivity contribution is 5.43. The van der Waals surface area contributed by atoms with E-state index in [-0.39, 0.29) is 5.75 Å². The summed E-state index contributed by atoms with van der Waals surface area (Å²) in [5.41, 5.74) is 3.44. The summed E-state index contributed by atoms with van der Waals surface area (Å²) in [6.45, 7) is 3.00. The Morgan fingerprint density at radius 2 is 1.65 bits per heavy atom. The maximum Gasteiger partial charge on any atom is 0.227 e. The summed E-state index contributed by atoms with van der Waals surface area (Å²) in [6, 6.07) is 26.2. The molecule has 4 aromatic rings. The van der Waals surface area contributed by atoms with E-state index in [0.29, 0.717) is 25.0 Å². The van der Waals surface area contributed by atoms with Crippen LogP contribution in [0.25, 0.3) is 5.69 Å². The van der Waals surface area contributed by atoms with E-state index >= 15 is 0 Å². The molecule has 1 fully saturated rings. The predicted octanol–water partition coefficient (Wildman–Crippen LogP) is 5.81. The number of hydrogen-bond acceptors (Lipinski definition) is 4. The largest absolute Gasteiger partial charge is 0.435 e. The predicted molar refractivity (Wildman–Crippen MR) is 130 cm³/mol. The number of hydrogen-bond donors (Lipinski definition) is 1. The molecule has 1 N–H and O–H groups in total. The average Bonchev–Trinajstić information content (AvgIpc) is 3.67. The van der Waals surface area contributed by atoms with Crippen molar-refractivity contribution in [1.29, 1.82) is 0 Å². The fraction of sp³-hybridized carbons (Fsp3) is 0.250. The van der Waals surface area contributed by atoms with Crippen molar-refractivity contribution in [2.24, 2.45) is 0 Å². The van der Waals surface area contributed by atoms with Crippen molar-refractivity contribution in [2.75, 3.05) is 6.54 Å². The van der Waals surface area contributed by atoms with Crippen LogP contribution in [0.2, 0.25) is 0 Å². The van der Waals surface area contributed by atoms with Gasteiger partial charge in [0, 0.05) is 19.1 Å². The van der Waals surface area contributed by atoms with Gasteiger partial charge in [0.05, 0.1) is 23.0 Å². The van der Waals surface area contributed by atoms with Gasteiger partial charge in [0.15, 0.2) is 11.6 Å². The first-order valence-corrected chi connectivity index (χ1v) is 11.6. The fourth-order valence-electron chi connectivity index (χ4n) is 4.19. The van der Waals surface area contributed by atoms with E-state index in [1.54, 1.807) is 22.9 Å². The van der Waals surface area contributed by atoms with Crippen LogP contribution in [0.4, 0.5) is 4.39 Å². The number of aliphatic hydroxyl groups is 1. The molecule has 1 aliphatic rings. The third-order valence-corrected chi connectivity index (χ3v) is 6.20. The van der Waals surface area contributed by atoms with Gasteiger partial charge in [-0.25, -0.2) is 9.07 Å². The van der Waals surface area contributed by atoms with Crippen LogP contribution in [0.3, 0.4) is 0 Å². The summed E-state index contributed by atoms with van der Waals surface area (Å²) in [5, 5.41) is 15.7. The number of rotatable bonds is 9. The molecule has 3 aromatic carbocycles. The van der Waals surface area contributed by atoms with Crippen molar-refractivity contribution >= 4 is 0 Å². The summed E-state index contributed by atoms with van der Waals surface area (Å²) in [5.74, 6) is 0.224. The number of benzene rings is 3. The van der Waals surface area contributed by atoms with Gasteiger partial charge in [-0.1, -0.05) is 60.7 Å². The van der Waals surface area contributed by atoms with Crippen molar-refractivity contribution < 1.29 is 14.2 Å². The van der Waals surface area contributed by atoms with Crippen LogP contribution in [0.15, 0.2) is 84.9 Å². The first-order valence-electron chi connectivity index (χ1n) is 11.6. The molecule has 1 heterocycles. The lowest BCUT2D eigenvalue weighted by Gasteiger charge is -2.25. The molecule has 5 nitrogen and oxygen atoms in total. The third kappa shape index (κ3) is 4.88. The Labute approximate surface area is 199 Å². The minimum absolute atomic E-state index is 0.156. The van der Waals surface area contributed by atoms with E-state index in [1.165, 1.54) is 6.07 Å². The molecule has 0 radical (unpaired) electrons. The van der Waals surface area contributed by atoms with Crippen LogP contribution >= 0.6 is 0 Å². The highest BCUT2D eigenvalue weighted by atomic mass is 19.1. The van der Waals surface area contributed by atoms with Gasteiger partial charge in [-0.2, -0.15) is 5.10 Å². The van der Waals surface area contributed by atoms with Crippen LogP contribution < -0.4 is 4.74 Å². The molecule has 0 bridgehead atoms. The van der Waals surface area contributed by atoms with E-state index in [4.69, 9.17) is 9.84 Å². The van der Waals surface area contributed by atoms with E-state index in [2.05, 4.69) is 4.90 Å². The summed E-state index contributed by atoms with van der Waals surface area (Å²) in [7, 11) is 0. The molecule has 0 amide bonds. The molecule has 1 unspecified atom stereocenters. The maximum atomic E-state index is 14.5. The van der Waals surface area contributed by atoms with Crippen LogP contribution in [0.1, 0.15) is 35.8 Å². The molecule has 174 valence electrons. The van der Waals surface area contributed by atoms with Gasteiger partial charge in [0.25, 0.3) is 0 Å². The van der Waals surface area contributed by atoms with Crippen molar-refractivity contribution in [2.45, 2.75) is 38.5 Å². The number of aromatic nitrogens is 2. The van der Waals surface area contributed by atoms with Gasteiger partial charge in [-0.15, -0.1) is 0 Å². The van der Waals surface area contributed by atoms with Gasteiger partial charge in [-0.05, 0) is 49.6 Å². The topological polar surface area (TPSA) is 50.5 Å². The Kier molecular flexibility index (Phi) is 6.43. The molecule has 1 aliphatic carbocycles. The van der Waals surface area contributed by atoms with Crippen LogP contribution in [-0.4, -0.2) is 32.4 Å². The van der Waals surface area contributed by atoms with E-state index in [1.807, 2.05) is 67.6 Å². The Morgan fingerprint density at radius 3 is 2.32 bits per heavy atom. The van der Waals surface area contributed by atoms with E-state index < -0.39 is 11.9 Å². The molecule has 1 aromatic heterocycles. The Bertz CT molecular complexity index is 1240. The molecule has 1 atom stereocenters. The zero-order valence-electron chi connectivity index (χ0n) is 19.1. The Morgan fingerprint density at radius 1 is 1.00 bits per heavy atom. The number of ether oxygens (including phenoxy) is 1. The summed E-state index contributed by atoms with van der Waals surface area (Å²) < 4.78 is 22.4. The number of nitrogens with zero attached hydrogens (tertiary/aromatic N) is 3. The minimum atomic E-state index is -0.595. The summed E-state index contributed by atoms with van der Waals surface area (Å²) >= 11 is 0. The van der Waals surface area contributed by atoms with E-state index in [0.717, 1.165) is 35.3 Å². The molecule has 34 heavy (non-hydrogen) atoms. The van der Waals surface area contributed by atoms with Crippen LogP contribution in [0.5, 0.6) is 11.6 Å². The Hall–Kier alpha value is -3.48. The van der Waals surface area contributed by atoms with Gasteiger partial charge < -0.3 is 9.84 Å². The van der Waals surface area contributed by atoms with Crippen molar-refractivity contribution in [3.63, 3.8) is 0 Å². The molecule has 0 spiro atoms. The van der Waals surface area contributed by atoms with Crippen molar-refractivity contribution in [3.8, 4) is 17.3 Å². The third-order valence-electron chi connectivity index (χ3n) is 6.20. The van der Waals surface area contributed by atoms with Crippen molar-refractivity contribution in [3.05, 3.63) is 108 Å². The number of aliphatic hydroxyl groups excluding tert-OH is 1. The monoisotopic (exact) mass is 457 g/mol. The second-order valence-corrected chi connectivity index (χ2v) is 8.74. The maximum absolute atomic E-state index is 14.5. The first-order chi connectivity index (χ1) is 16.6. The van der Waals surface area contributed by atoms with Crippen LogP contribution in [-0.2, 0) is 6.54 Å². The molecular formula is C28H28FN3O2. The van der Waals surface area contributed by atoms with Gasteiger partial charge in [0.2, 0.25) is 5.88 Å². The number of aryl methyl sites for hydroxylation is 1. The second-order valence-electron chi connectivity index (χ2n) is 8.74. The lowest BCUT2D eigenvalue weighted by molar-refractivity contribution is 0.104. The first kappa shape index (κ1) is 22.3. The zero-order chi connectivity index (χ0) is 23.5. The normalized spacial score (nSPS) is 14.4.